The maximum Gasteiger partial charge on any atom is 0.338 e. The Labute approximate surface area is 216 Å². The largest absolute Gasteiger partial charge is 0.462 e. The molecule has 0 N–H and O–H groups in total. The Balaban J connectivity index is 1.89. The standard InChI is InChI=1S/C25H32N2O2S4/c1-5-19-9-11-20(12-10-19)17-26(6-2)24(30)32-33-25(31)27(7-3)18-21-13-15-22(16-14-21)23(28)29-8-4/h9-16H,5-8,17-18H2,1-4H3. The molecule has 8 heteroatoms. The lowest BCUT2D eigenvalue weighted by molar-refractivity contribution is 0.0526. The van der Waals surface area contributed by atoms with Crippen LogP contribution in [-0.2, 0) is 24.2 Å². The van der Waals surface area contributed by atoms with Crippen molar-refractivity contribution in [2.45, 2.75) is 47.2 Å². The molecule has 0 fully saturated rings. The van der Waals surface area contributed by atoms with Gasteiger partial charge in [-0.15, -0.1) is 0 Å². The van der Waals surface area contributed by atoms with Crippen molar-refractivity contribution in [1.29, 1.82) is 0 Å². The number of ether oxygens (including phenoxy) is 1. The van der Waals surface area contributed by atoms with Gasteiger partial charge in [-0.1, -0.05) is 67.8 Å². The zero-order valence-corrected chi connectivity index (χ0v) is 23.0. The zero-order chi connectivity index (χ0) is 24.2. The number of carbonyl (C=O) groups excluding carboxylic acids is 1. The van der Waals surface area contributed by atoms with Gasteiger partial charge in [0.25, 0.3) is 0 Å². The van der Waals surface area contributed by atoms with E-state index in [0.717, 1.165) is 40.3 Å². The lowest BCUT2D eigenvalue weighted by Crippen LogP contribution is -2.28. The van der Waals surface area contributed by atoms with Crippen LogP contribution in [0, 0.1) is 0 Å². The lowest BCUT2D eigenvalue weighted by Gasteiger charge is -2.25. The molecular weight excluding hydrogens is 489 g/mol. The summed E-state index contributed by atoms with van der Waals surface area (Å²) in [5.74, 6) is -0.297. The van der Waals surface area contributed by atoms with Crippen molar-refractivity contribution in [3.05, 3.63) is 70.8 Å². The van der Waals surface area contributed by atoms with E-state index in [4.69, 9.17) is 29.2 Å². The third kappa shape index (κ3) is 8.92. The summed E-state index contributed by atoms with van der Waals surface area (Å²) in [6.45, 7) is 11.7. The molecule has 4 nitrogen and oxygen atoms in total. The monoisotopic (exact) mass is 520 g/mol. The molecule has 0 aromatic heterocycles. The van der Waals surface area contributed by atoms with Crippen molar-refractivity contribution in [2.75, 3.05) is 19.7 Å². The fraction of sp³-hybridized carbons (Fsp3) is 0.400. The van der Waals surface area contributed by atoms with Crippen LogP contribution in [0.1, 0.15) is 54.7 Å². The molecule has 0 spiro atoms. The number of aryl methyl sites for hydroxylation is 1. The minimum Gasteiger partial charge on any atom is -0.462 e. The second kappa shape index (κ2) is 14.6. The highest BCUT2D eigenvalue weighted by Gasteiger charge is 2.15. The Kier molecular flexibility index (Phi) is 12.2. The summed E-state index contributed by atoms with van der Waals surface area (Å²) in [6.07, 6.45) is 1.05. The average molecular weight is 521 g/mol. The lowest BCUT2D eigenvalue weighted by atomic mass is 10.1. The summed E-state index contributed by atoms with van der Waals surface area (Å²) in [6, 6.07) is 16.2. The van der Waals surface area contributed by atoms with Gasteiger partial charge in [-0.05, 0) is 77.6 Å². The molecule has 0 radical (unpaired) electrons. The topological polar surface area (TPSA) is 32.8 Å². The van der Waals surface area contributed by atoms with Crippen LogP contribution in [0.3, 0.4) is 0 Å². The fourth-order valence-corrected chi connectivity index (χ4v) is 5.87. The van der Waals surface area contributed by atoms with Crippen molar-refractivity contribution in [2.24, 2.45) is 0 Å². The normalized spacial score (nSPS) is 10.5. The van der Waals surface area contributed by atoms with E-state index in [9.17, 15) is 4.79 Å². The first-order valence-corrected chi connectivity index (χ1v) is 14.1. The van der Waals surface area contributed by atoms with Gasteiger partial charge in [0.15, 0.2) is 0 Å². The van der Waals surface area contributed by atoms with Gasteiger partial charge in [0.1, 0.15) is 8.64 Å². The Morgan fingerprint density at radius 3 is 1.58 bits per heavy atom. The van der Waals surface area contributed by atoms with Crippen molar-refractivity contribution in [3.63, 3.8) is 0 Å². The van der Waals surface area contributed by atoms with Crippen LogP contribution in [0.2, 0.25) is 0 Å². The van der Waals surface area contributed by atoms with Crippen molar-refractivity contribution in [3.8, 4) is 0 Å². The molecule has 0 amide bonds. The van der Waals surface area contributed by atoms with Crippen molar-refractivity contribution < 1.29 is 9.53 Å². The van der Waals surface area contributed by atoms with Gasteiger partial charge in [-0.25, -0.2) is 4.79 Å². The number of rotatable bonds is 9. The molecule has 0 aliphatic rings. The van der Waals surface area contributed by atoms with Crippen LogP contribution < -0.4 is 0 Å². The fourth-order valence-electron chi connectivity index (χ4n) is 3.07. The smallest absolute Gasteiger partial charge is 0.338 e. The molecule has 0 saturated carbocycles. The molecule has 0 heterocycles. The van der Waals surface area contributed by atoms with Gasteiger partial charge in [0.05, 0.1) is 12.2 Å². The number of hydrogen-bond donors (Lipinski definition) is 0. The van der Waals surface area contributed by atoms with E-state index < -0.39 is 0 Å². The van der Waals surface area contributed by atoms with Gasteiger partial charge in [-0.2, -0.15) is 0 Å². The van der Waals surface area contributed by atoms with Crippen LogP contribution in [0.4, 0.5) is 0 Å². The quantitative estimate of drug-likeness (QED) is 0.205. The van der Waals surface area contributed by atoms with Gasteiger partial charge in [0.2, 0.25) is 0 Å². The van der Waals surface area contributed by atoms with Crippen LogP contribution in [0.25, 0.3) is 0 Å². The predicted molar refractivity (Wildman–Crippen MR) is 151 cm³/mol. The molecule has 178 valence electrons. The number of hydrogen-bond acceptors (Lipinski definition) is 6. The van der Waals surface area contributed by atoms with Gasteiger partial charge in [0, 0.05) is 26.2 Å². The van der Waals surface area contributed by atoms with Crippen LogP contribution in [0.15, 0.2) is 48.5 Å². The molecular formula is C25H32N2O2S4. The molecule has 2 aromatic carbocycles. The van der Waals surface area contributed by atoms with E-state index in [2.05, 4.69) is 54.8 Å². The molecule has 0 bridgehead atoms. The molecule has 0 atom stereocenters. The summed E-state index contributed by atoms with van der Waals surface area (Å²) in [7, 11) is 3.07. The summed E-state index contributed by atoms with van der Waals surface area (Å²) in [4.78, 5) is 16.2. The van der Waals surface area contributed by atoms with E-state index in [1.54, 1.807) is 29.9 Å². The number of benzene rings is 2. The minimum absolute atomic E-state index is 0.297. The van der Waals surface area contributed by atoms with E-state index in [1.807, 2.05) is 12.1 Å². The van der Waals surface area contributed by atoms with Crippen molar-refractivity contribution in [1.82, 2.24) is 9.80 Å². The van der Waals surface area contributed by atoms with Gasteiger partial charge in [-0.3, -0.25) is 0 Å². The third-order valence-electron chi connectivity index (χ3n) is 5.11. The summed E-state index contributed by atoms with van der Waals surface area (Å²) < 4.78 is 6.67. The van der Waals surface area contributed by atoms with E-state index in [1.165, 1.54) is 21.9 Å². The third-order valence-corrected chi connectivity index (χ3v) is 8.84. The predicted octanol–water partition coefficient (Wildman–Crippen LogP) is 6.72. The number of carbonyl (C=O) groups is 1. The van der Waals surface area contributed by atoms with E-state index in [-0.39, 0.29) is 5.97 Å². The first-order chi connectivity index (χ1) is 15.9. The molecule has 0 aliphatic heterocycles. The molecule has 2 aromatic rings. The van der Waals surface area contributed by atoms with Crippen LogP contribution in [0.5, 0.6) is 0 Å². The highest BCUT2D eigenvalue weighted by atomic mass is 33.1. The molecule has 0 aliphatic carbocycles. The maximum absolute atomic E-state index is 11.8. The number of esters is 1. The second-order valence-electron chi connectivity index (χ2n) is 7.31. The SMILES string of the molecule is CCOC(=O)c1ccc(CN(CC)C(=S)SSC(=S)N(CC)Cc2ccc(CC)cc2)cc1. The van der Waals surface area contributed by atoms with Gasteiger partial charge >= 0.3 is 5.97 Å². The molecule has 0 unspecified atom stereocenters. The Bertz CT molecular complexity index is 917. The second-order valence-corrected chi connectivity index (χ2v) is 10.7. The number of thiocarbonyl (C=S) groups is 2. The Morgan fingerprint density at radius 2 is 1.18 bits per heavy atom. The molecule has 0 saturated heterocycles. The van der Waals surface area contributed by atoms with Crippen molar-refractivity contribution >= 4 is 60.6 Å². The van der Waals surface area contributed by atoms with Gasteiger partial charge < -0.3 is 14.5 Å². The number of nitrogens with zero attached hydrogens (tertiary/aromatic N) is 2. The Morgan fingerprint density at radius 1 is 0.758 bits per heavy atom. The van der Waals surface area contributed by atoms with E-state index >= 15 is 0 Å². The first-order valence-electron chi connectivity index (χ1n) is 11.2. The summed E-state index contributed by atoms with van der Waals surface area (Å²) in [5.41, 5.74) is 4.25. The highest BCUT2D eigenvalue weighted by Crippen LogP contribution is 2.29. The van der Waals surface area contributed by atoms with Crippen LogP contribution in [-0.4, -0.2) is 44.1 Å². The average Bonchev–Trinajstić information content (AvgIpc) is 2.85. The maximum atomic E-state index is 11.8. The summed E-state index contributed by atoms with van der Waals surface area (Å²) in [5, 5.41) is 0. The Hall–Kier alpha value is -1.61. The highest BCUT2D eigenvalue weighted by molar-refractivity contribution is 8.89. The summed E-state index contributed by atoms with van der Waals surface area (Å²) >= 11 is 11.4. The molecule has 33 heavy (non-hydrogen) atoms. The van der Waals surface area contributed by atoms with E-state index in [0.29, 0.717) is 18.7 Å². The minimum atomic E-state index is -0.297. The van der Waals surface area contributed by atoms with Crippen LogP contribution >= 0.6 is 46.0 Å². The molecule has 2 rings (SSSR count). The first kappa shape index (κ1) is 27.6. The zero-order valence-electron chi connectivity index (χ0n) is 19.7.